The molecule has 1 fully saturated rings. The highest BCUT2D eigenvalue weighted by molar-refractivity contribution is 5.47. The van der Waals surface area contributed by atoms with Gasteiger partial charge < -0.3 is 10.2 Å². The summed E-state index contributed by atoms with van der Waals surface area (Å²) in [5, 5.41) is 3.30. The maximum absolute atomic E-state index is 13.7. The number of benzene rings is 1. The van der Waals surface area contributed by atoms with Crippen LogP contribution in [-0.4, -0.2) is 50.7 Å². The molecule has 1 aliphatic heterocycles. The number of piperazine rings is 1. The third-order valence-corrected chi connectivity index (χ3v) is 3.46. The molecule has 1 aliphatic rings. The van der Waals surface area contributed by atoms with Crippen molar-refractivity contribution >= 4 is 5.69 Å². The van der Waals surface area contributed by atoms with E-state index in [1.165, 1.54) is 6.07 Å². The summed E-state index contributed by atoms with van der Waals surface area (Å²) in [4.78, 5) is 4.54. The molecule has 1 N–H and O–H groups in total. The van der Waals surface area contributed by atoms with E-state index in [0.29, 0.717) is 0 Å². The number of anilines is 1. The molecule has 0 aromatic heterocycles. The number of nitrogens with one attached hydrogen (secondary N) is 1. The van der Waals surface area contributed by atoms with E-state index in [4.69, 9.17) is 0 Å². The van der Waals surface area contributed by atoms with Gasteiger partial charge in [0, 0.05) is 45.8 Å². The highest BCUT2D eigenvalue weighted by Gasteiger charge is 2.18. The van der Waals surface area contributed by atoms with Crippen molar-refractivity contribution in [1.29, 1.82) is 0 Å². The van der Waals surface area contributed by atoms with E-state index >= 15 is 0 Å². The van der Waals surface area contributed by atoms with E-state index in [1.807, 2.05) is 18.2 Å². The molecule has 0 saturated carbocycles. The Morgan fingerprint density at radius 1 is 1.21 bits per heavy atom. The van der Waals surface area contributed by atoms with E-state index in [-0.39, 0.29) is 5.82 Å². The normalized spacial score (nSPS) is 16.6. The molecule has 0 bridgehead atoms. The van der Waals surface area contributed by atoms with Crippen molar-refractivity contribution in [2.75, 3.05) is 50.7 Å². The molecule has 3 nitrogen and oxygen atoms in total. The second kappa shape index (κ2) is 7.26. The molecule has 0 amide bonds. The average Bonchev–Trinajstić information content (AvgIpc) is 2.45. The zero-order valence-corrected chi connectivity index (χ0v) is 11.3. The van der Waals surface area contributed by atoms with Gasteiger partial charge in [-0.05, 0) is 12.1 Å². The molecule has 0 unspecified atom stereocenters. The van der Waals surface area contributed by atoms with Crippen molar-refractivity contribution < 1.29 is 4.39 Å². The molecule has 1 heterocycles. The first-order chi connectivity index (χ1) is 9.31. The molecular weight excluding hydrogens is 241 g/mol. The van der Waals surface area contributed by atoms with Gasteiger partial charge in [-0.25, -0.2) is 4.39 Å². The maximum atomic E-state index is 13.7. The first kappa shape index (κ1) is 14.0. The van der Waals surface area contributed by atoms with Crippen LogP contribution in [0.4, 0.5) is 10.1 Å². The molecule has 1 aromatic carbocycles. The lowest BCUT2D eigenvalue weighted by Gasteiger charge is -2.36. The smallest absolute Gasteiger partial charge is 0.146 e. The molecule has 1 saturated heterocycles. The Morgan fingerprint density at radius 2 is 1.95 bits per heavy atom. The van der Waals surface area contributed by atoms with Crippen molar-refractivity contribution in [2.45, 2.75) is 0 Å². The molecule has 2 rings (SSSR count). The second-order valence-corrected chi connectivity index (χ2v) is 4.77. The number of para-hydroxylation sites is 1. The zero-order valence-electron chi connectivity index (χ0n) is 11.3. The number of hydrogen-bond donors (Lipinski definition) is 1. The van der Waals surface area contributed by atoms with Crippen LogP contribution in [0.3, 0.4) is 0 Å². The van der Waals surface area contributed by atoms with Crippen molar-refractivity contribution in [3.05, 3.63) is 42.7 Å². The van der Waals surface area contributed by atoms with Crippen LogP contribution >= 0.6 is 0 Å². The predicted molar refractivity (Wildman–Crippen MR) is 78.1 cm³/mol. The summed E-state index contributed by atoms with van der Waals surface area (Å²) in [6.07, 6.45) is 1.87. The molecule has 0 radical (unpaired) electrons. The first-order valence-corrected chi connectivity index (χ1v) is 6.84. The van der Waals surface area contributed by atoms with Crippen molar-refractivity contribution in [1.82, 2.24) is 10.2 Å². The van der Waals surface area contributed by atoms with Crippen molar-refractivity contribution in [3.8, 4) is 0 Å². The Morgan fingerprint density at radius 3 is 2.63 bits per heavy atom. The largest absolute Gasteiger partial charge is 0.367 e. The summed E-state index contributed by atoms with van der Waals surface area (Å²) < 4.78 is 13.7. The van der Waals surface area contributed by atoms with Crippen LogP contribution in [0.1, 0.15) is 0 Å². The lowest BCUT2D eigenvalue weighted by molar-refractivity contribution is 0.258. The third-order valence-electron chi connectivity index (χ3n) is 3.46. The summed E-state index contributed by atoms with van der Waals surface area (Å²) in [7, 11) is 0. The quantitative estimate of drug-likeness (QED) is 0.623. The van der Waals surface area contributed by atoms with Gasteiger partial charge in [-0.3, -0.25) is 4.90 Å². The van der Waals surface area contributed by atoms with Crippen LogP contribution in [0.2, 0.25) is 0 Å². The lowest BCUT2D eigenvalue weighted by Crippen LogP contribution is -2.48. The minimum Gasteiger partial charge on any atom is -0.367 e. The monoisotopic (exact) mass is 263 g/mol. The Bertz CT molecular complexity index is 400. The van der Waals surface area contributed by atoms with Gasteiger partial charge >= 0.3 is 0 Å². The van der Waals surface area contributed by atoms with Gasteiger partial charge in [-0.1, -0.05) is 18.2 Å². The Kier molecular flexibility index (Phi) is 5.36. The van der Waals surface area contributed by atoms with Crippen LogP contribution in [0.5, 0.6) is 0 Å². The van der Waals surface area contributed by atoms with Crippen molar-refractivity contribution in [2.24, 2.45) is 0 Å². The summed E-state index contributed by atoms with van der Waals surface area (Å²) in [5.74, 6) is -0.122. The molecule has 0 spiro atoms. The summed E-state index contributed by atoms with van der Waals surface area (Å²) >= 11 is 0. The highest BCUT2D eigenvalue weighted by atomic mass is 19.1. The van der Waals surface area contributed by atoms with Gasteiger partial charge in [0.25, 0.3) is 0 Å². The molecule has 104 valence electrons. The minimum atomic E-state index is -0.122. The SMILES string of the molecule is C=CCNCCN1CCN(c2ccccc2F)CC1. The summed E-state index contributed by atoms with van der Waals surface area (Å²) in [5.41, 5.74) is 0.729. The highest BCUT2D eigenvalue weighted by Crippen LogP contribution is 2.19. The van der Waals surface area contributed by atoms with Gasteiger partial charge in [0.1, 0.15) is 5.82 Å². The van der Waals surface area contributed by atoms with Crippen LogP contribution < -0.4 is 10.2 Å². The molecule has 0 atom stereocenters. The predicted octanol–water partition coefficient (Wildman–Crippen LogP) is 1.72. The fraction of sp³-hybridized carbons (Fsp3) is 0.467. The molecule has 0 aliphatic carbocycles. The second-order valence-electron chi connectivity index (χ2n) is 4.77. The zero-order chi connectivity index (χ0) is 13.5. The number of hydrogen-bond acceptors (Lipinski definition) is 3. The van der Waals surface area contributed by atoms with Gasteiger partial charge in [0.2, 0.25) is 0 Å². The van der Waals surface area contributed by atoms with E-state index < -0.39 is 0 Å². The minimum absolute atomic E-state index is 0.122. The van der Waals surface area contributed by atoms with Crippen LogP contribution in [0.15, 0.2) is 36.9 Å². The third kappa shape index (κ3) is 4.04. The topological polar surface area (TPSA) is 18.5 Å². The van der Waals surface area contributed by atoms with Crippen molar-refractivity contribution in [3.63, 3.8) is 0 Å². The Hall–Kier alpha value is -1.39. The molecule has 19 heavy (non-hydrogen) atoms. The van der Waals surface area contributed by atoms with Gasteiger partial charge in [-0.2, -0.15) is 0 Å². The Balaban J connectivity index is 1.76. The molecule has 4 heteroatoms. The number of nitrogens with zero attached hydrogens (tertiary/aromatic N) is 2. The fourth-order valence-corrected chi connectivity index (χ4v) is 2.36. The Labute approximate surface area is 114 Å². The standard InChI is InChI=1S/C15H22FN3/c1-2-7-17-8-9-18-10-12-19(13-11-18)15-6-4-3-5-14(15)16/h2-6,17H,1,7-13H2. The van der Waals surface area contributed by atoms with E-state index in [0.717, 1.165) is 51.5 Å². The van der Waals surface area contributed by atoms with Gasteiger partial charge in [0.05, 0.1) is 5.69 Å². The van der Waals surface area contributed by atoms with Gasteiger partial charge in [-0.15, -0.1) is 6.58 Å². The van der Waals surface area contributed by atoms with Crippen LogP contribution in [-0.2, 0) is 0 Å². The number of halogens is 1. The summed E-state index contributed by atoms with van der Waals surface area (Å²) in [6, 6.07) is 7.02. The first-order valence-electron chi connectivity index (χ1n) is 6.84. The van der Waals surface area contributed by atoms with Gasteiger partial charge in [0.15, 0.2) is 0 Å². The fourth-order valence-electron chi connectivity index (χ4n) is 2.36. The maximum Gasteiger partial charge on any atom is 0.146 e. The molecule has 1 aromatic rings. The lowest BCUT2D eigenvalue weighted by atomic mass is 10.2. The number of rotatable bonds is 6. The van der Waals surface area contributed by atoms with Crippen LogP contribution in [0.25, 0.3) is 0 Å². The average molecular weight is 263 g/mol. The van der Waals surface area contributed by atoms with Crippen LogP contribution in [0, 0.1) is 5.82 Å². The van der Waals surface area contributed by atoms with E-state index in [1.54, 1.807) is 6.07 Å². The summed E-state index contributed by atoms with van der Waals surface area (Å²) in [6.45, 7) is 10.3. The van der Waals surface area contributed by atoms with E-state index in [9.17, 15) is 4.39 Å². The van der Waals surface area contributed by atoms with E-state index in [2.05, 4.69) is 21.7 Å². The molecular formula is C15H22FN3.